The van der Waals surface area contributed by atoms with Crippen LogP contribution in [0.25, 0.3) is 0 Å². The molecule has 6 amide bonds. The normalized spacial score (nSPS) is 16.4. The Bertz CT molecular complexity index is 1140. The number of carboxylic acid groups (broad SMARTS) is 1. The third-order valence-electron chi connectivity index (χ3n) is 6.32. The largest absolute Gasteiger partial charge is 0.490 e. The number of amides is 6. The third kappa shape index (κ3) is 18.1. The monoisotopic (exact) mass is 698 g/mol. The number of urea groups is 1. The van der Waals surface area contributed by atoms with Crippen LogP contribution in [0.5, 0.6) is 0 Å². The minimum atomic E-state index is -5.08. The summed E-state index contributed by atoms with van der Waals surface area (Å²) >= 11 is 0. The number of likely N-dealkylation sites (tertiary alicyclic amines) is 1. The number of carboxylic acids is 1. The second kappa shape index (κ2) is 20.1. The minimum absolute atomic E-state index is 0.0218. The first-order chi connectivity index (χ1) is 22.0. The summed E-state index contributed by atoms with van der Waals surface area (Å²) in [4.78, 5) is 77.6. The van der Waals surface area contributed by atoms with E-state index in [1.54, 1.807) is 0 Å². The number of halogens is 3. The number of alkyl halides is 3. The Morgan fingerprint density at radius 3 is 2.02 bits per heavy atom. The Balaban J connectivity index is 0.00000282. The van der Waals surface area contributed by atoms with Crippen LogP contribution in [0.3, 0.4) is 0 Å². The number of hydrogen-bond acceptors (Lipinski definition) is 9. The standard InChI is InChI=1S/C25H48N10O6.C2HF3O2/c1-14(2)12-17(32-19(36)15(26)13-41-25(3,4)5)20(37)31-16(8-6-10-30-23(27)28)22(39)35-11-7-9-18(35)21(38)33-34-24(29)40;3-2(4,5)1(6)7/h14-18H,6-13,26H2,1-5H3,(H,31,37)(H,32,36)(H,33,38)(H4,27,28,30)(H3,29,34,40);(H,6,7)/t15-,16+,17+,18+;/m1./s1. The van der Waals surface area contributed by atoms with Gasteiger partial charge in [-0.15, -0.1) is 0 Å². The van der Waals surface area contributed by atoms with E-state index in [0.717, 1.165) is 0 Å². The number of aliphatic imine (C=N–C) groups is 1. The summed E-state index contributed by atoms with van der Waals surface area (Å²) in [6.45, 7) is 9.71. The Labute approximate surface area is 276 Å². The SMILES string of the molecule is CC(C)C[C@H](NC(=O)[C@H](N)COC(C)(C)C)C(=O)N[C@@H](CCCN=C(N)N)C(=O)N1CCC[C@H]1C(=O)NNC(N)=O.O=C(O)C(F)(F)F. The number of nitrogens with one attached hydrogen (secondary N) is 4. The molecule has 0 saturated carbocycles. The van der Waals surface area contributed by atoms with Crippen molar-refractivity contribution in [3.8, 4) is 0 Å². The van der Waals surface area contributed by atoms with Gasteiger partial charge in [-0.1, -0.05) is 13.8 Å². The first-order valence-corrected chi connectivity index (χ1v) is 15.0. The smallest absolute Gasteiger partial charge is 0.475 e. The second-order valence-electron chi connectivity index (χ2n) is 12.2. The van der Waals surface area contributed by atoms with Gasteiger partial charge in [0.1, 0.15) is 24.2 Å². The molecule has 1 fully saturated rings. The van der Waals surface area contributed by atoms with Crippen LogP contribution in [0.15, 0.2) is 4.99 Å². The predicted molar refractivity (Wildman–Crippen MR) is 166 cm³/mol. The topological polar surface area (TPSA) is 300 Å². The molecular weight excluding hydrogens is 649 g/mol. The lowest BCUT2D eigenvalue weighted by Gasteiger charge is -2.30. The van der Waals surface area contributed by atoms with E-state index in [9.17, 15) is 37.1 Å². The molecule has 0 aromatic rings. The van der Waals surface area contributed by atoms with Crippen molar-refractivity contribution in [2.45, 2.75) is 103 Å². The molecule has 0 spiro atoms. The van der Waals surface area contributed by atoms with Gasteiger partial charge in [0.2, 0.25) is 17.7 Å². The molecule has 0 unspecified atom stereocenters. The lowest BCUT2D eigenvalue weighted by molar-refractivity contribution is -0.192. The van der Waals surface area contributed by atoms with Gasteiger partial charge in [-0.3, -0.25) is 29.6 Å². The maximum Gasteiger partial charge on any atom is 0.490 e. The summed E-state index contributed by atoms with van der Waals surface area (Å²) < 4.78 is 37.3. The second-order valence-corrected chi connectivity index (χ2v) is 12.2. The van der Waals surface area contributed by atoms with Crippen LogP contribution in [0, 0.1) is 5.92 Å². The van der Waals surface area contributed by atoms with Crippen molar-refractivity contribution in [3.63, 3.8) is 0 Å². The van der Waals surface area contributed by atoms with Crippen LogP contribution in [0.4, 0.5) is 18.0 Å². The summed E-state index contributed by atoms with van der Waals surface area (Å²) in [7, 11) is 0. The number of guanidine groups is 1. The zero-order valence-electron chi connectivity index (χ0n) is 27.7. The molecule has 13 N–H and O–H groups in total. The predicted octanol–water partition coefficient (Wildman–Crippen LogP) is -1.48. The summed E-state index contributed by atoms with van der Waals surface area (Å²) in [6, 6.07) is -4.86. The number of primary amides is 1. The quantitative estimate of drug-likeness (QED) is 0.0436. The highest BCUT2D eigenvalue weighted by Gasteiger charge is 2.39. The van der Waals surface area contributed by atoms with Crippen molar-refractivity contribution in [1.82, 2.24) is 26.4 Å². The van der Waals surface area contributed by atoms with Gasteiger partial charge in [0, 0.05) is 13.1 Å². The maximum absolute atomic E-state index is 13.6. The number of nitrogens with two attached hydrogens (primary N) is 4. The number of carbonyl (C=O) groups excluding carboxylic acids is 5. The molecule has 0 aromatic carbocycles. The Hall–Kier alpha value is -4.40. The van der Waals surface area contributed by atoms with Gasteiger partial charge in [0.15, 0.2) is 5.96 Å². The molecule has 1 aliphatic heterocycles. The van der Waals surface area contributed by atoms with Crippen LogP contribution < -0.4 is 44.4 Å². The molecule has 0 aromatic heterocycles. The fraction of sp³-hybridized carbons (Fsp3) is 0.741. The Morgan fingerprint density at radius 2 is 1.54 bits per heavy atom. The molecule has 1 saturated heterocycles. The van der Waals surface area contributed by atoms with Gasteiger partial charge >= 0.3 is 18.2 Å². The van der Waals surface area contributed by atoms with Crippen LogP contribution >= 0.6 is 0 Å². The van der Waals surface area contributed by atoms with E-state index in [4.69, 9.17) is 37.6 Å². The molecule has 1 rings (SSSR count). The molecule has 21 heteroatoms. The fourth-order valence-corrected chi connectivity index (χ4v) is 4.14. The average Bonchev–Trinajstić information content (AvgIpc) is 3.44. The van der Waals surface area contributed by atoms with E-state index in [0.29, 0.717) is 19.3 Å². The third-order valence-corrected chi connectivity index (χ3v) is 6.32. The van der Waals surface area contributed by atoms with E-state index in [1.165, 1.54) is 4.90 Å². The minimum Gasteiger partial charge on any atom is -0.475 e. The van der Waals surface area contributed by atoms with Gasteiger partial charge in [0.25, 0.3) is 5.91 Å². The highest BCUT2D eigenvalue weighted by molar-refractivity contribution is 5.95. The van der Waals surface area contributed by atoms with Crippen molar-refractivity contribution in [2.24, 2.45) is 33.8 Å². The molecule has 48 heavy (non-hydrogen) atoms. The molecule has 1 aliphatic rings. The molecule has 1 heterocycles. The van der Waals surface area contributed by atoms with Gasteiger partial charge in [-0.2, -0.15) is 13.2 Å². The van der Waals surface area contributed by atoms with Crippen molar-refractivity contribution in [2.75, 3.05) is 19.7 Å². The molecule has 0 aliphatic carbocycles. The van der Waals surface area contributed by atoms with E-state index < -0.39 is 71.6 Å². The summed E-state index contributed by atoms with van der Waals surface area (Å²) in [6.07, 6.45) is -3.40. The van der Waals surface area contributed by atoms with E-state index in [-0.39, 0.29) is 44.4 Å². The maximum atomic E-state index is 13.6. The van der Waals surface area contributed by atoms with E-state index >= 15 is 0 Å². The van der Waals surface area contributed by atoms with Gasteiger partial charge in [-0.05, 0) is 58.8 Å². The molecule has 18 nitrogen and oxygen atoms in total. The number of rotatable bonds is 14. The van der Waals surface area contributed by atoms with Crippen LogP contribution in [0.2, 0.25) is 0 Å². The molecule has 0 radical (unpaired) electrons. The molecule has 0 bridgehead atoms. The highest BCUT2D eigenvalue weighted by Crippen LogP contribution is 2.20. The van der Waals surface area contributed by atoms with Crippen LogP contribution in [-0.4, -0.2) is 107 Å². The lowest BCUT2D eigenvalue weighted by atomic mass is 10.0. The Kier molecular flexibility index (Phi) is 18.2. The van der Waals surface area contributed by atoms with Crippen molar-refractivity contribution in [1.29, 1.82) is 0 Å². The number of hydrazine groups is 1. The number of carbonyl (C=O) groups is 6. The van der Waals surface area contributed by atoms with Crippen LogP contribution in [0.1, 0.15) is 66.7 Å². The lowest BCUT2D eigenvalue weighted by Crippen LogP contribution is -2.59. The van der Waals surface area contributed by atoms with Crippen molar-refractivity contribution < 1.29 is 51.8 Å². The van der Waals surface area contributed by atoms with Crippen molar-refractivity contribution >= 4 is 41.6 Å². The average molecular weight is 699 g/mol. The van der Waals surface area contributed by atoms with Crippen molar-refractivity contribution in [3.05, 3.63) is 0 Å². The summed E-state index contributed by atoms with van der Waals surface area (Å²) in [5, 5.41) is 12.6. The fourth-order valence-electron chi connectivity index (χ4n) is 4.14. The summed E-state index contributed by atoms with van der Waals surface area (Å²) in [5.41, 5.74) is 25.5. The number of ether oxygens (including phenoxy) is 1. The number of aliphatic carboxylic acids is 1. The number of hydrogen-bond donors (Lipinski definition) is 9. The number of nitrogens with zero attached hydrogens (tertiary/aromatic N) is 2. The van der Waals surface area contributed by atoms with E-state index in [2.05, 4.69) is 21.1 Å². The zero-order chi connectivity index (χ0) is 37.4. The van der Waals surface area contributed by atoms with Gasteiger partial charge in [0.05, 0.1) is 12.2 Å². The van der Waals surface area contributed by atoms with E-state index in [1.807, 2.05) is 40.0 Å². The molecular formula is C27H49F3N10O8. The summed E-state index contributed by atoms with van der Waals surface area (Å²) in [5.74, 6) is -5.10. The first-order valence-electron chi connectivity index (χ1n) is 15.0. The van der Waals surface area contributed by atoms with Crippen LogP contribution in [-0.2, 0) is 28.7 Å². The first kappa shape index (κ1) is 43.6. The van der Waals surface area contributed by atoms with Gasteiger partial charge < -0.3 is 48.3 Å². The highest BCUT2D eigenvalue weighted by atomic mass is 19.4. The zero-order valence-corrected chi connectivity index (χ0v) is 27.7. The molecule has 276 valence electrons. The Morgan fingerprint density at radius 1 is 0.979 bits per heavy atom. The molecule has 4 atom stereocenters. The van der Waals surface area contributed by atoms with Gasteiger partial charge in [-0.25, -0.2) is 15.0 Å².